The highest BCUT2D eigenvalue weighted by atomic mass is 35.5. The molecule has 3 aromatic rings. The third-order valence-electron chi connectivity index (χ3n) is 6.59. The summed E-state index contributed by atoms with van der Waals surface area (Å²) in [5.41, 5.74) is 2.87. The number of fused-ring (bicyclic) bond motifs is 1. The molecule has 2 aromatic carbocycles. The van der Waals surface area contributed by atoms with Gasteiger partial charge in [-0.3, -0.25) is 9.59 Å². The molecule has 1 aliphatic heterocycles. The predicted molar refractivity (Wildman–Crippen MR) is 132 cm³/mol. The minimum absolute atomic E-state index is 0.131. The first-order chi connectivity index (χ1) is 16.5. The molecule has 0 N–H and O–H groups in total. The van der Waals surface area contributed by atoms with E-state index in [0.29, 0.717) is 34.2 Å². The van der Waals surface area contributed by atoms with Gasteiger partial charge in [0.25, 0.3) is 11.8 Å². The van der Waals surface area contributed by atoms with Gasteiger partial charge < -0.3 is 14.2 Å². The lowest BCUT2D eigenvalue weighted by atomic mass is 9.98. The maximum absolute atomic E-state index is 14.3. The summed E-state index contributed by atoms with van der Waals surface area (Å²) in [5, 5.41) is 1.45. The van der Waals surface area contributed by atoms with Gasteiger partial charge in [0, 0.05) is 53.7 Å². The second-order valence-corrected chi connectivity index (χ2v) is 9.53. The fraction of sp³-hybridized carbons (Fsp3) is 0.308. The van der Waals surface area contributed by atoms with Crippen molar-refractivity contribution < 1.29 is 23.1 Å². The Labute approximate surface area is 211 Å². The number of halogens is 4. The summed E-state index contributed by atoms with van der Waals surface area (Å²) < 4.78 is 35.1. The SMILES string of the molecule is C=CC(F)(F)c1cc(C)c2cc(Cc3c(Cl)ccc(C(=O)N4CC(C(=O)OC)C4)c3Cl)n(C)c2c1. The molecule has 0 aliphatic carbocycles. The van der Waals surface area contributed by atoms with Crippen LogP contribution in [-0.2, 0) is 28.9 Å². The number of aromatic nitrogens is 1. The third-order valence-corrected chi connectivity index (χ3v) is 7.37. The number of carbonyl (C=O) groups excluding carboxylic acids is 2. The van der Waals surface area contributed by atoms with E-state index in [0.717, 1.165) is 11.1 Å². The van der Waals surface area contributed by atoms with Crippen LogP contribution in [0.15, 0.2) is 43.0 Å². The number of alkyl halides is 2. The Morgan fingerprint density at radius 1 is 1.23 bits per heavy atom. The number of benzene rings is 2. The number of allylic oxidation sites excluding steroid dienone is 1. The standard InChI is InChI=1S/C26H24Cl2F2N2O3/c1-5-26(29,30)16-8-14(2)19-10-17(31(3)22(19)9-16)11-20-21(27)7-6-18(23(20)28)24(33)32-12-15(13-32)25(34)35-4/h5-10,15H,1,11-13H2,2-4H3. The molecule has 0 unspecified atom stereocenters. The first-order valence-electron chi connectivity index (χ1n) is 10.9. The zero-order valence-electron chi connectivity index (χ0n) is 19.5. The topological polar surface area (TPSA) is 51.5 Å². The number of hydrogen-bond acceptors (Lipinski definition) is 3. The Bertz CT molecular complexity index is 1360. The van der Waals surface area contributed by atoms with Gasteiger partial charge in [-0.25, -0.2) is 0 Å². The van der Waals surface area contributed by atoms with Crippen molar-refractivity contribution in [3.63, 3.8) is 0 Å². The van der Waals surface area contributed by atoms with E-state index in [9.17, 15) is 18.4 Å². The zero-order chi connectivity index (χ0) is 25.7. The molecule has 1 aromatic heterocycles. The van der Waals surface area contributed by atoms with Gasteiger partial charge in [0.2, 0.25) is 0 Å². The van der Waals surface area contributed by atoms with E-state index >= 15 is 0 Å². The van der Waals surface area contributed by atoms with Crippen molar-refractivity contribution in [3.8, 4) is 0 Å². The number of carbonyl (C=O) groups is 2. The van der Waals surface area contributed by atoms with E-state index in [1.807, 2.05) is 10.6 Å². The molecule has 5 nitrogen and oxygen atoms in total. The highest BCUT2D eigenvalue weighted by molar-refractivity contribution is 6.38. The smallest absolute Gasteiger partial charge is 0.312 e. The second kappa shape index (κ2) is 9.28. The number of ether oxygens (including phenoxy) is 1. The summed E-state index contributed by atoms with van der Waals surface area (Å²) >= 11 is 13.1. The largest absolute Gasteiger partial charge is 0.469 e. The lowest BCUT2D eigenvalue weighted by molar-refractivity contribution is -0.149. The summed E-state index contributed by atoms with van der Waals surface area (Å²) in [4.78, 5) is 26.2. The van der Waals surface area contributed by atoms with Crippen LogP contribution in [0.5, 0.6) is 0 Å². The number of likely N-dealkylation sites (tertiary alicyclic amines) is 1. The molecule has 0 bridgehead atoms. The Hall–Kier alpha value is -2.90. The van der Waals surface area contributed by atoms with Crippen LogP contribution in [0.1, 0.15) is 32.7 Å². The number of methoxy groups -OCH3 is 1. The first-order valence-corrected chi connectivity index (χ1v) is 11.7. The molecule has 0 spiro atoms. The maximum Gasteiger partial charge on any atom is 0.312 e. The van der Waals surface area contributed by atoms with Crippen molar-refractivity contribution in [2.24, 2.45) is 13.0 Å². The van der Waals surface area contributed by atoms with Crippen LogP contribution in [-0.4, -0.2) is 41.5 Å². The first kappa shape index (κ1) is 25.2. The average Bonchev–Trinajstić information content (AvgIpc) is 3.11. The van der Waals surface area contributed by atoms with E-state index in [1.165, 1.54) is 24.1 Å². The van der Waals surface area contributed by atoms with E-state index in [4.69, 9.17) is 27.9 Å². The van der Waals surface area contributed by atoms with Crippen molar-refractivity contribution >= 4 is 46.0 Å². The van der Waals surface area contributed by atoms with Gasteiger partial charge in [0.15, 0.2) is 0 Å². The summed E-state index contributed by atoms with van der Waals surface area (Å²) in [6.45, 7) is 5.55. The molecule has 0 saturated carbocycles. The third kappa shape index (κ3) is 4.43. The van der Waals surface area contributed by atoms with Gasteiger partial charge in [0.05, 0.1) is 23.6 Å². The van der Waals surface area contributed by atoms with Crippen LogP contribution in [0.3, 0.4) is 0 Å². The fourth-order valence-electron chi connectivity index (χ4n) is 4.38. The zero-order valence-corrected chi connectivity index (χ0v) is 21.0. The van der Waals surface area contributed by atoms with Crippen LogP contribution < -0.4 is 0 Å². The molecule has 0 radical (unpaired) electrons. The van der Waals surface area contributed by atoms with E-state index in [2.05, 4.69) is 6.58 Å². The van der Waals surface area contributed by atoms with Gasteiger partial charge in [-0.1, -0.05) is 29.8 Å². The van der Waals surface area contributed by atoms with Crippen molar-refractivity contribution in [1.82, 2.24) is 9.47 Å². The normalized spacial score (nSPS) is 14.2. The Morgan fingerprint density at radius 2 is 1.91 bits per heavy atom. The Morgan fingerprint density at radius 3 is 2.54 bits per heavy atom. The van der Waals surface area contributed by atoms with Crippen molar-refractivity contribution in [3.05, 3.63) is 81.0 Å². The van der Waals surface area contributed by atoms with Crippen LogP contribution in [0, 0.1) is 12.8 Å². The van der Waals surface area contributed by atoms with Gasteiger partial charge in [0.1, 0.15) is 0 Å². The molecular weight excluding hydrogens is 497 g/mol. The molecule has 9 heteroatoms. The van der Waals surface area contributed by atoms with Crippen molar-refractivity contribution in [1.29, 1.82) is 0 Å². The molecule has 1 fully saturated rings. The average molecular weight is 521 g/mol. The minimum atomic E-state index is -3.14. The summed E-state index contributed by atoms with van der Waals surface area (Å²) in [6.07, 6.45) is 0.923. The maximum atomic E-state index is 14.3. The summed E-state index contributed by atoms with van der Waals surface area (Å²) in [7, 11) is 3.10. The van der Waals surface area contributed by atoms with Gasteiger partial charge in [-0.05, 0) is 54.5 Å². The molecule has 1 amide bonds. The van der Waals surface area contributed by atoms with Gasteiger partial charge >= 0.3 is 5.97 Å². The number of hydrogen-bond donors (Lipinski definition) is 0. The van der Waals surface area contributed by atoms with Crippen molar-refractivity contribution in [2.75, 3.05) is 20.2 Å². The number of aryl methyl sites for hydroxylation is 2. The number of nitrogens with zero attached hydrogens (tertiary/aromatic N) is 2. The second-order valence-electron chi connectivity index (χ2n) is 8.74. The van der Waals surface area contributed by atoms with Crippen LogP contribution >= 0.6 is 23.2 Å². The van der Waals surface area contributed by atoms with Gasteiger partial charge in [-0.2, -0.15) is 8.78 Å². The highest BCUT2D eigenvalue weighted by Gasteiger charge is 2.37. The number of esters is 1. The minimum Gasteiger partial charge on any atom is -0.469 e. The van der Waals surface area contributed by atoms with Crippen LogP contribution in [0.4, 0.5) is 8.78 Å². The van der Waals surface area contributed by atoms with Crippen LogP contribution in [0.2, 0.25) is 10.0 Å². The molecule has 1 saturated heterocycles. The van der Waals surface area contributed by atoms with E-state index in [1.54, 1.807) is 26.1 Å². The molecule has 0 atom stereocenters. The predicted octanol–water partition coefficient (Wildman–Crippen LogP) is 5.91. The van der Waals surface area contributed by atoms with Gasteiger partial charge in [-0.15, -0.1) is 0 Å². The Kier molecular flexibility index (Phi) is 6.68. The summed E-state index contributed by atoms with van der Waals surface area (Å²) in [6, 6.07) is 8.01. The molecule has 35 heavy (non-hydrogen) atoms. The lowest BCUT2D eigenvalue weighted by Crippen LogP contribution is -2.53. The molecule has 1 aliphatic rings. The molecule has 184 valence electrons. The summed E-state index contributed by atoms with van der Waals surface area (Å²) in [5.74, 6) is -4.13. The molecule has 2 heterocycles. The lowest BCUT2D eigenvalue weighted by Gasteiger charge is -2.37. The van der Waals surface area contributed by atoms with E-state index in [-0.39, 0.29) is 47.0 Å². The van der Waals surface area contributed by atoms with Crippen molar-refractivity contribution in [2.45, 2.75) is 19.3 Å². The van der Waals surface area contributed by atoms with E-state index < -0.39 is 5.92 Å². The highest BCUT2D eigenvalue weighted by Crippen LogP contribution is 2.36. The quantitative estimate of drug-likeness (QED) is 0.300. The monoisotopic (exact) mass is 520 g/mol. The number of rotatable bonds is 6. The van der Waals surface area contributed by atoms with Crippen LogP contribution in [0.25, 0.3) is 10.9 Å². The fourth-order valence-corrected chi connectivity index (χ4v) is 4.96. The molecular formula is C26H24Cl2F2N2O3. The molecule has 4 rings (SSSR count). The number of amides is 1. The Balaban J connectivity index is 1.67.